The molecule has 19 heavy (non-hydrogen) atoms. The number of carbonyl (C=O) groups is 1. The molecule has 0 aromatic carbocycles. The van der Waals surface area contributed by atoms with E-state index in [9.17, 15) is 4.79 Å². The summed E-state index contributed by atoms with van der Waals surface area (Å²) in [6.45, 7) is 6.84. The summed E-state index contributed by atoms with van der Waals surface area (Å²) in [5.74, 6) is 0.498. The Bertz CT molecular complexity index is 449. The molecule has 1 amide bonds. The summed E-state index contributed by atoms with van der Waals surface area (Å²) in [6.07, 6.45) is 4.56. The Morgan fingerprint density at radius 2 is 2.26 bits per heavy atom. The number of hydrogen-bond acceptors (Lipinski definition) is 3. The first-order valence-corrected chi connectivity index (χ1v) is 7.90. The van der Waals surface area contributed by atoms with Crippen LogP contribution >= 0.6 is 11.3 Å². The van der Waals surface area contributed by atoms with Crippen LogP contribution in [0.5, 0.6) is 0 Å². The second-order valence-electron chi connectivity index (χ2n) is 5.81. The van der Waals surface area contributed by atoms with Gasteiger partial charge in [0.25, 0.3) is 5.91 Å². The molecule has 1 aliphatic rings. The van der Waals surface area contributed by atoms with Crippen molar-refractivity contribution in [1.29, 1.82) is 0 Å². The number of hydrogen-bond donors (Lipinski definition) is 2. The highest BCUT2D eigenvalue weighted by Crippen LogP contribution is 2.33. The van der Waals surface area contributed by atoms with Crippen LogP contribution in [-0.2, 0) is 0 Å². The summed E-state index contributed by atoms with van der Waals surface area (Å²) in [6, 6.07) is 1.98. The number of amides is 1. The molecule has 106 valence electrons. The van der Waals surface area contributed by atoms with Crippen LogP contribution in [-0.4, -0.2) is 18.0 Å². The van der Waals surface area contributed by atoms with Gasteiger partial charge in [0.1, 0.15) is 0 Å². The third-order valence-corrected chi connectivity index (χ3v) is 5.72. The SMILES string of the molecule is Cc1cc(C(=O)NC2(CN)CCCCC2C)sc1C. The molecule has 3 nitrogen and oxygen atoms in total. The van der Waals surface area contributed by atoms with Gasteiger partial charge >= 0.3 is 0 Å². The molecule has 2 atom stereocenters. The van der Waals surface area contributed by atoms with Gasteiger partial charge in [-0.3, -0.25) is 4.79 Å². The van der Waals surface area contributed by atoms with E-state index >= 15 is 0 Å². The second-order valence-corrected chi connectivity index (χ2v) is 7.07. The predicted molar refractivity (Wildman–Crippen MR) is 80.7 cm³/mol. The molecule has 2 unspecified atom stereocenters. The summed E-state index contributed by atoms with van der Waals surface area (Å²) in [7, 11) is 0. The number of nitrogens with two attached hydrogens (primary N) is 1. The second kappa shape index (κ2) is 5.63. The van der Waals surface area contributed by atoms with E-state index in [1.54, 1.807) is 11.3 Å². The highest BCUT2D eigenvalue weighted by Gasteiger charge is 2.38. The average molecular weight is 280 g/mol. The molecule has 1 fully saturated rings. The Balaban J connectivity index is 2.15. The van der Waals surface area contributed by atoms with Crippen LogP contribution < -0.4 is 11.1 Å². The van der Waals surface area contributed by atoms with E-state index in [4.69, 9.17) is 5.73 Å². The summed E-state index contributed by atoms with van der Waals surface area (Å²) in [5, 5.41) is 3.24. The fraction of sp³-hybridized carbons (Fsp3) is 0.667. The summed E-state index contributed by atoms with van der Waals surface area (Å²) in [4.78, 5) is 14.4. The topological polar surface area (TPSA) is 55.1 Å². The van der Waals surface area contributed by atoms with Crippen LogP contribution in [0.1, 0.15) is 52.7 Å². The van der Waals surface area contributed by atoms with E-state index < -0.39 is 0 Å². The van der Waals surface area contributed by atoms with Gasteiger partial charge in [-0.2, -0.15) is 0 Å². The minimum absolute atomic E-state index is 0.0420. The zero-order chi connectivity index (χ0) is 14.0. The molecule has 4 heteroatoms. The van der Waals surface area contributed by atoms with Crippen molar-refractivity contribution in [2.24, 2.45) is 11.7 Å². The van der Waals surface area contributed by atoms with Crippen molar-refractivity contribution in [3.8, 4) is 0 Å². The first-order valence-electron chi connectivity index (χ1n) is 7.08. The minimum atomic E-state index is -0.207. The number of rotatable bonds is 3. The van der Waals surface area contributed by atoms with Gasteiger partial charge in [-0.05, 0) is 44.2 Å². The van der Waals surface area contributed by atoms with Crippen LogP contribution in [0, 0.1) is 19.8 Å². The quantitative estimate of drug-likeness (QED) is 0.894. The zero-order valence-electron chi connectivity index (χ0n) is 12.1. The Morgan fingerprint density at radius 3 is 2.79 bits per heavy atom. The Hall–Kier alpha value is -0.870. The molecular weight excluding hydrogens is 256 g/mol. The Labute approximate surface area is 119 Å². The average Bonchev–Trinajstić information content (AvgIpc) is 2.73. The molecule has 0 spiro atoms. The fourth-order valence-electron chi connectivity index (χ4n) is 2.93. The van der Waals surface area contributed by atoms with Gasteiger partial charge in [0.05, 0.1) is 10.4 Å². The van der Waals surface area contributed by atoms with Crippen molar-refractivity contribution in [3.63, 3.8) is 0 Å². The lowest BCUT2D eigenvalue weighted by atomic mass is 9.73. The predicted octanol–water partition coefficient (Wildman–Crippen LogP) is 3.00. The van der Waals surface area contributed by atoms with Gasteiger partial charge < -0.3 is 11.1 Å². The van der Waals surface area contributed by atoms with Crippen molar-refractivity contribution in [2.75, 3.05) is 6.54 Å². The maximum absolute atomic E-state index is 12.4. The molecule has 0 saturated heterocycles. The number of aryl methyl sites for hydroxylation is 2. The van der Waals surface area contributed by atoms with E-state index in [2.05, 4.69) is 19.2 Å². The first-order chi connectivity index (χ1) is 8.98. The molecule has 1 aromatic heterocycles. The van der Waals surface area contributed by atoms with Crippen LogP contribution in [0.4, 0.5) is 0 Å². The maximum Gasteiger partial charge on any atom is 0.261 e. The van der Waals surface area contributed by atoms with Crippen LogP contribution in [0.25, 0.3) is 0 Å². The number of nitrogens with one attached hydrogen (secondary N) is 1. The van der Waals surface area contributed by atoms with E-state index in [-0.39, 0.29) is 11.4 Å². The maximum atomic E-state index is 12.4. The fourth-order valence-corrected chi connectivity index (χ4v) is 3.86. The molecule has 0 bridgehead atoms. The molecule has 1 aliphatic carbocycles. The molecule has 1 saturated carbocycles. The normalized spacial score (nSPS) is 27.3. The van der Waals surface area contributed by atoms with Gasteiger partial charge in [0.15, 0.2) is 0 Å². The van der Waals surface area contributed by atoms with Crippen LogP contribution in [0.15, 0.2) is 6.07 Å². The Kier molecular flexibility index (Phi) is 4.31. The van der Waals surface area contributed by atoms with Crippen molar-refractivity contribution in [1.82, 2.24) is 5.32 Å². The number of thiophene rings is 1. The Morgan fingerprint density at radius 1 is 1.53 bits per heavy atom. The van der Waals surface area contributed by atoms with Gasteiger partial charge in [0, 0.05) is 11.4 Å². The highest BCUT2D eigenvalue weighted by molar-refractivity contribution is 7.14. The monoisotopic (exact) mass is 280 g/mol. The summed E-state index contributed by atoms with van der Waals surface area (Å²) in [5.41, 5.74) is 6.96. The lowest BCUT2D eigenvalue weighted by molar-refractivity contribution is 0.0817. The van der Waals surface area contributed by atoms with Crippen LogP contribution in [0.3, 0.4) is 0 Å². The molecule has 0 radical (unpaired) electrons. The van der Waals surface area contributed by atoms with Crippen molar-refractivity contribution in [3.05, 3.63) is 21.4 Å². The first kappa shape index (κ1) is 14.5. The third-order valence-electron chi connectivity index (χ3n) is 4.57. The molecule has 1 heterocycles. The van der Waals surface area contributed by atoms with E-state index in [0.29, 0.717) is 12.5 Å². The van der Waals surface area contributed by atoms with Gasteiger partial charge in [-0.1, -0.05) is 19.8 Å². The highest BCUT2D eigenvalue weighted by atomic mass is 32.1. The molecular formula is C15H24N2OS. The third kappa shape index (κ3) is 2.84. The van der Waals surface area contributed by atoms with Gasteiger partial charge in [0.2, 0.25) is 0 Å². The van der Waals surface area contributed by atoms with Gasteiger partial charge in [-0.15, -0.1) is 11.3 Å². The molecule has 1 aromatic rings. The van der Waals surface area contributed by atoms with Crippen molar-refractivity contribution >= 4 is 17.2 Å². The summed E-state index contributed by atoms with van der Waals surface area (Å²) < 4.78 is 0. The molecule has 2 rings (SSSR count). The number of carbonyl (C=O) groups excluding carboxylic acids is 1. The zero-order valence-corrected chi connectivity index (χ0v) is 12.9. The van der Waals surface area contributed by atoms with E-state index in [1.165, 1.54) is 16.9 Å². The van der Waals surface area contributed by atoms with Gasteiger partial charge in [-0.25, -0.2) is 0 Å². The lowest BCUT2D eigenvalue weighted by Crippen LogP contribution is -2.59. The smallest absolute Gasteiger partial charge is 0.261 e. The largest absolute Gasteiger partial charge is 0.344 e. The van der Waals surface area contributed by atoms with Crippen LogP contribution in [0.2, 0.25) is 0 Å². The lowest BCUT2D eigenvalue weighted by Gasteiger charge is -2.42. The van der Waals surface area contributed by atoms with E-state index in [1.807, 2.05) is 13.0 Å². The molecule has 0 aliphatic heterocycles. The van der Waals surface area contributed by atoms with Crippen molar-refractivity contribution in [2.45, 2.75) is 52.0 Å². The standard InChI is InChI=1S/C15H24N2OS/c1-10-8-13(19-12(10)3)14(18)17-15(9-16)7-5-4-6-11(15)2/h8,11H,4-7,9,16H2,1-3H3,(H,17,18). The minimum Gasteiger partial charge on any atom is -0.344 e. The summed E-state index contributed by atoms with van der Waals surface area (Å²) >= 11 is 1.57. The molecule has 3 N–H and O–H groups in total. The van der Waals surface area contributed by atoms with E-state index in [0.717, 1.165) is 24.1 Å². The van der Waals surface area contributed by atoms with Crippen molar-refractivity contribution < 1.29 is 4.79 Å².